The number of hydrogen-bond donors (Lipinski definition) is 0. The van der Waals surface area contributed by atoms with E-state index >= 15 is 0 Å². The molecule has 0 N–H and O–H groups in total. The number of rotatable bonds is 7. The second kappa shape index (κ2) is 8.50. The lowest BCUT2D eigenvalue weighted by Gasteiger charge is -2.28. The summed E-state index contributed by atoms with van der Waals surface area (Å²) < 4.78 is 19.6. The number of fused-ring (bicyclic) bond motifs is 3. The molecule has 1 saturated heterocycles. The van der Waals surface area contributed by atoms with Crippen molar-refractivity contribution in [1.82, 2.24) is 14.5 Å². The Morgan fingerprint density at radius 3 is 2.88 bits per heavy atom. The highest BCUT2D eigenvalue weighted by Crippen LogP contribution is 2.35. The van der Waals surface area contributed by atoms with Crippen LogP contribution in [-0.4, -0.2) is 47.9 Å². The van der Waals surface area contributed by atoms with E-state index in [0.29, 0.717) is 19.9 Å². The van der Waals surface area contributed by atoms with Crippen LogP contribution in [0.3, 0.4) is 0 Å². The maximum atomic E-state index is 12.0. The van der Waals surface area contributed by atoms with Gasteiger partial charge in [0.1, 0.15) is 30.5 Å². The van der Waals surface area contributed by atoms with Gasteiger partial charge in [0.2, 0.25) is 0 Å². The van der Waals surface area contributed by atoms with Crippen molar-refractivity contribution in [3.63, 3.8) is 0 Å². The van der Waals surface area contributed by atoms with Gasteiger partial charge in [-0.3, -0.25) is 4.90 Å². The van der Waals surface area contributed by atoms with E-state index in [9.17, 15) is 4.79 Å². The van der Waals surface area contributed by atoms with E-state index in [1.807, 2.05) is 27.7 Å². The fourth-order valence-corrected chi connectivity index (χ4v) is 5.29. The van der Waals surface area contributed by atoms with Gasteiger partial charge in [0, 0.05) is 33.6 Å². The number of aromatic nitrogens is 2. The minimum Gasteiger partial charge on any atom is -0.457 e. The summed E-state index contributed by atoms with van der Waals surface area (Å²) in [5, 5.41) is 0.993. The van der Waals surface area contributed by atoms with E-state index in [1.54, 1.807) is 6.20 Å². The summed E-state index contributed by atoms with van der Waals surface area (Å²) in [6.45, 7) is 11.4. The molecule has 8 heteroatoms. The van der Waals surface area contributed by atoms with Crippen LogP contribution < -0.4 is 4.74 Å². The fraction of sp³-hybridized carbons (Fsp3) is 0.440. The summed E-state index contributed by atoms with van der Waals surface area (Å²) in [5.41, 5.74) is 4.32. The SMILES string of the molecule is Cc1cn(COCC[Si](C)(C)C)c2nccc(Oc3ccc4c(c3)CN3C(=O)OC[C@H]3C4)c12. The molecule has 0 unspecified atom stereocenters. The van der Waals surface area contributed by atoms with Gasteiger partial charge in [-0.05, 0) is 54.3 Å². The first kappa shape index (κ1) is 22.0. The Balaban J connectivity index is 1.35. The summed E-state index contributed by atoms with van der Waals surface area (Å²) in [4.78, 5) is 18.4. The second-order valence-electron chi connectivity index (χ2n) is 10.2. The van der Waals surface area contributed by atoms with Gasteiger partial charge in [-0.15, -0.1) is 0 Å². The molecule has 174 valence electrons. The lowest BCUT2D eigenvalue weighted by Crippen LogP contribution is -2.38. The Morgan fingerprint density at radius 2 is 2.06 bits per heavy atom. The van der Waals surface area contributed by atoms with E-state index in [4.69, 9.17) is 14.2 Å². The van der Waals surface area contributed by atoms with E-state index in [-0.39, 0.29) is 12.1 Å². The van der Waals surface area contributed by atoms with Crippen LogP contribution >= 0.6 is 0 Å². The fourth-order valence-electron chi connectivity index (χ4n) is 4.53. The highest BCUT2D eigenvalue weighted by Gasteiger charge is 2.36. The second-order valence-corrected chi connectivity index (χ2v) is 15.9. The molecule has 3 aromatic rings. The summed E-state index contributed by atoms with van der Waals surface area (Å²) in [7, 11) is -1.12. The first-order chi connectivity index (χ1) is 15.8. The monoisotopic (exact) mass is 465 g/mol. The van der Waals surface area contributed by atoms with Crippen molar-refractivity contribution in [2.45, 2.75) is 58.3 Å². The van der Waals surface area contributed by atoms with Crippen molar-refractivity contribution in [3.8, 4) is 11.5 Å². The number of carbonyl (C=O) groups is 1. The van der Waals surface area contributed by atoms with Crippen LogP contribution in [0.15, 0.2) is 36.7 Å². The molecule has 0 spiro atoms. The van der Waals surface area contributed by atoms with Crippen LogP contribution in [0, 0.1) is 6.92 Å². The Labute approximate surface area is 195 Å². The van der Waals surface area contributed by atoms with Gasteiger partial charge in [0.05, 0.1) is 11.4 Å². The molecule has 1 fully saturated rings. The molecular formula is C25H31N3O4Si. The quantitative estimate of drug-likeness (QED) is 0.349. The number of benzene rings is 1. The van der Waals surface area contributed by atoms with Crippen molar-refractivity contribution in [2.24, 2.45) is 0 Å². The van der Waals surface area contributed by atoms with Crippen molar-refractivity contribution in [3.05, 3.63) is 53.3 Å². The van der Waals surface area contributed by atoms with Crippen LogP contribution in [0.5, 0.6) is 11.5 Å². The third-order valence-corrected chi connectivity index (χ3v) is 8.12. The van der Waals surface area contributed by atoms with Crippen LogP contribution in [0.4, 0.5) is 4.79 Å². The zero-order valence-electron chi connectivity index (χ0n) is 19.8. The highest BCUT2D eigenvalue weighted by atomic mass is 28.3. The third kappa shape index (κ3) is 4.50. The van der Waals surface area contributed by atoms with Gasteiger partial charge in [-0.2, -0.15) is 0 Å². The molecular weight excluding hydrogens is 434 g/mol. The third-order valence-electron chi connectivity index (χ3n) is 6.41. The molecule has 2 aliphatic rings. The molecule has 0 bridgehead atoms. The minimum atomic E-state index is -1.12. The first-order valence-corrected chi connectivity index (χ1v) is 15.2. The van der Waals surface area contributed by atoms with E-state index in [0.717, 1.165) is 52.7 Å². The van der Waals surface area contributed by atoms with Gasteiger partial charge < -0.3 is 18.8 Å². The molecule has 2 aromatic heterocycles. The Morgan fingerprint density at radius 1 is 1.21 bits per heavy atom. The van der Waals surface area contributed by atoms with Gasteiger partial charge in [0.25, 0.3) is 0 Å². The molecule has 0 saturated carbocycles. The number of hydrogen-bond acceptors (Lipinski definition) is 5. The smallest absolute Gasteiger partial charge is 0.410 e. The van der Waals surface area contributed by atoms with Crippen LogP contribution in [0.2, 0.25) is 25.7 Å². The largest absolute Gasteiger partial charge is 0.457 e. The maximum Gasteiger partial charge on any atom is 0.410 e. The predicted octanol–water partition coefficient (Wildman–Crippen LogP) is 5.33. The van der Waals surface area contributed by atoms with E-state index in [1.165, 1.54) is 5.56 Å². The zero-order chi connectivity index (χ0) is 23.2. The highest BCUT2D eigenvalue weighted by molar-refractivity contribution is 6.76. The standard InChI is InChI=1S/C25H31N3O4Si/c1-17-13-27(16-30-9-10-33(2,3)4)24-23(17)22(7-8-26-24)32-21-6-5-18-11-20-15-31-25(29)28(20)14-19(18)12-21/h5-8,12-13,20H,9-11,14-16H2,1-4H3/t20-/m1/s1. The van der Waals surface area contributed by atoms with Crippen LogP contribution in [0.1, 0.15) is 16.7 Å². The van der Waals surface area contributed by atoms with Crippen molar-refractivity contribution >= 4 is 25.2 Å². The molecule has 7 nitrogen and oxygen atoms in total. The summed E-state index contributed by atoms with van der Waals surface area (Å²) in [6.07, 6.45) is 4.45. The molecule has 4 heterocycles. The number of carbonyl (C=O) groups excluding carboxylic acids is 1. The number of amides is 1. The molecule has 33 heavy (non-hydrogen) atoms. The molecule has 5 rings (SSSR count). The Hall–Kier alpha value is -2.84. The molecule has 0 aliphatic carbocycles. The lowest BCUT2D eigenvalue weighted by atomic mass is 9.95. The minimum absolute atomic E-state index is 0.145. The molecule has 1 aromatic carbocycles. The lowest BCUT2D eigenvalue weighted by molar-refractivity contribution is 0.0898. The van der Waals surface area contributed by atoms with Crippen molar-refractivity contribution < 1.29 is 19.0 Å². The first-order valence-electron chi connectivity index (χ1n) is 11.5. The summed E-state index contributed by atoms with van der Waals surface area (Å²) in [5.74, 6) is 1.53. The summed E-state index contributed by atoms with van der Waals surface area (Å²) in [6, 6.07) is 9.33. The van der Waals surface area contributed by atoms with Gasteiger partial charge in [-0.25, -0.2) is 9.78 Å². The predicted molar refractivity (Wildman–Crippen MR) is 129 cm³/mol. The average Bonchev–Trinajstić information content (AvgIpc) is 3.29. The number of ether oxygens (including phenoxy) is 3. The van der Waals surface area contributed by atoms with Gasteiger partial charge >= 0.3 is 6.09 Å². The Bertz CT molecular complexity index is 1200. The van der Waals surface area contributed by atoms with Crippen molar-refractivity contribution in [2.75, 3.05) is 13.2 Å². The van der Waals surface area contributed by atoms with Gasteiger partial charge in [-0.1, -0.05) is 25.7 Å². The normalized spacial score (nSPS) is 17.8. The zero-order valence-corrected chi connectivity index (χ0v) is 20.8. The average molecular weight is 466 g/mol. The van der Waals surface area contributed by atoms with Gasteiger partial charge in [0.15, 0.2) is 0 Å². The molecule has 1 atom stereocenters. The topological polar surface area (TPSA) is 65.8 Å². The number of nitrogens with zero attached hydrogens (tertiary/aromatic N) is 3. The number of pyridine rings is 1. The Kier molecular flexibility index (Phi) is 5.66. The molecule has 2 aliphatic heterocycles. The molecule has 1 amide bonds. The van der Waals surface area contributed by atoms with E-state index in [2.05, 4.69) is 43.8 Å². The summed E-state index contributed by atoms with van der Waals surface area (Å²) >= 11 is 0. The van der Waals surface area contributed by atoms with E-state index < -0.39 is 8.07 Å². The number of cyclic esters (lactones) is 1. The molecule has 0 radical (unpaired) electrons. The van der Waals surface area contributed by atoms with Crippen LogP contribution in [-0.2, 0) is 29.2 Å². The van der Waals surface area contributed by atoms with Crippen LogP contribution in [0.25, 0.3) is 11.0 Å². The number of aryl methyl sites for hydroxylation is 1. The maximum absolute atomic E-state index is 12.0. The van der Waals surface area contributed by atoms with Crippen molar-refractivity contribution in [1.29, 1.82) is 0 Å².